The number of likely N-dealkylation sites (N-methyl/N-ethyl adjacent to an activating group) is 1. The Labute approximate surface area is 103 Å². The first-order valence-electron chi connectivity index (χ1n) is 6.42. The van der Waals surface area contributed by atoms with E-state index in [9.17, 15) is 0 Å². The lowest BCUT2D eigenvalue weighted by Crippen LogP contribution is -2.30. The van der Waals surface area contributed by atoms with Gasteiger partial charge in [0, 0.05) is 25.5 Å². The molecule has 0 fully saturated rings. The van der Waals surface area contributed by atoms with Crippen LogP contribution in [0.1, 0.15) is 38.9 Å². The lowest BCUT2D eigenvalue weighted by Gasteiger charge is -2.12. The van der Waals surface area contributed by atoms with E-state index in [2.05, 4.69) is 29.3 Å². The molecule has 17 heavy (non-hydrogen) atoms. The van der Waals surface area contributed by atoms with Crippen molar-refractivity contribution in [3.05, 3.63) is 11.7 Å². The highest BCUT2D eigenvalue weighted by molar-refractivity contribution is 4.89. The van der Waals surface area contributed by atoms with Gasteiger partial charge in [-0.05, 0) is 19.9 Å². The highest BCUT2D eigenvalue weighted by Crippen LogP contribution is 2.04. The van der Waals surface area contributed by atoms with Crippen LogP contribution in [0, 0.1) is 0 Å². The molecule has 1 atom stereocenters. The molecule has 0 aliphatic rings. The molecule has 1 unspecified atom stereocenters. The summed E-state index contributed by atoms with van der Waals surface area (Å²) in [5.74, 6) is 1.45. The quantitative estimate of drug-likeness (QED) is 0.665. The van der Waals surface area contributed by atoms with Crippen LogP contribution in [-0.2, 0) is 17.6 Å². The lowest BCUT2D eigenvalue weighted by molar-refractivity contribution is 0.149. The molecule has 0 aliphatic heterocycles. The second-order valence-electron chi connectivity index (χ2n) is 3.92. The topological polar surface area (TPSA) is 60.2 Å². The lowest BCUT2D eigenvalue weighted by atomic mass is 10.1. The Bertz CT molecular complexity index is 302. The monoisotopic (exact) mass is 241 g/mol. The SMILES string of the molecule is CCNC(CC)Cc1nc(CCOCC)no1. The van der Waals surface area contributed by atoms with Crippen LogP contribution in [0.4, 0.5) is 0 Å². The number of ether oxygens (including phenoxy) is 1. The average Bonchev–Trinajstić information content (AvgIpc) is 2.77. The average molecular weight is 241 g/mol. The fourth-order valence-electron chi connectivity index (χ4n) is 1.64. The van der Waals surface area contributed by atoms with Crippen molar-refractivity contribution in [3.8, 4) is 0 Å². The molecule has 5 nitrogen and oxygen atoms in total. The van der Waals surface area contributed by atoms with Crippen molar-refractivity contribution in [2.24, 2.45) is 0 Å². The predicted octanol–water partition coefficient (Wildman–Crippen LogP) is 1.58. The maximum atomic E-state index is 5.25. The molecule has 0 aliphatic carbocycles. The van der Waals surface area contributed by atoms with Gasteiger partial charge in [-0.1, -0.05) is 19.0 Å². The van der Waals surface area contributed by atoms with Gasteiger partial charge in [0.2, 0.25) is 5.89 Å². The molecule has 1 rings (SSSR count). The summed E-state index contributed by atoms with van der Waals surface area (Å²) in [6, 6.07) is 0.417. The molecule has 98 valence electrons. The number of rotatable bonds is 9. The highest BCUT2D eigenvalue weighted by Gasteiger charge is 2.12. The molecule has 1 N–H and O–H groups in total. The Morgan fingerprint density at radius 3 is 2.82 bits per heavy atom. The van der Waals surface area contributed by atoms with Gasteiger partial charge in [0.05, 0.1) is 6.61 Å². The summed E-state index contributed by atoms with van der Waals surface area (Å²) >= 11 is 0. The van der Waals surface area contributed by atoms with Gasteiger partial charge in [-0.3, -0.25) is 0 Å². The van der Waals surface area contributed by atoms with Gasteiger partial charge in [0.15, 0.2) is 5.82 Å². The number of nitrogens with one attached hydrogen (secondary N) is 1. The van der Waals surface area contributed by atoms with E-state index in [1.807, 2.05) is 6.92 Å². The van der Waals surface area contributed by atoms with E-state index >= 15 is 0 Å². The Morgan fingerprint density at radius 1 is 1.35 bits per heavy atom. The summed E-state index contributed by atoms with van der Waals surface area (Å²) in [7, 11) is 0. The van der Waals surface area contributed by atoms with Crippen LogP contribution in [0.25, 0.3) is 0 Å². The van der Waals surface area contributed by atoms with E-state index in [-0.39, 0.29) is 0 Å². The van der Waals surface area contributed by atoms with Crippen molar-refractivity contribution in [2.75, 3.05) is 19.8 Å². The van der Waals surface area contributed by atoms with Gasteiger partial charge in [-0.25, -0.2) is 0 Å². The Morgan fingerprint density at radius 2 is 2.18 bits per heavy atom. The highest BCUT2D eigenvalue weighted by atomic mass is 16.5. The van der Waals surface area contributed by atoms with Crippen molar-refractivity contribution in [1.29, 1.82) is 0 Å². The first kappa shape index (κ1) is 14.1. The van der Waals surface area contributed by atoms with Crippen LogP contribution in [0.2, 0.25) is 0 Å². The Hall–Kier alpha value is -0.940. The van der Waals surface area contributed by atoms with Crippen LogP contribution in [0.15, 0.2) is 4.52 Å². The number of hydrogen-bond donors (Lipinski definition) is 1. The number of nitrogens with zero attached hydrogens (tertiary/aromatic N) is 2. The maximum Gasteiger partial charge on any atom is 0.228 e. The molecule has 0 saturated heterocycles. The van der Waals surface area contributed by atoms with Gasteiger partial charge >= 0.3 is 0 Å². The van der Waals surface area contributed by atoms with Gasteiger partial charge in [-0.15, -0.1) is 0 Å². The second-order valence-corrected chi connectivity index (χ2v) is 3.92. The molecule has 0 radical (unpaired) electrons. The third kappa shape index (κ3) is 5.28. The fourth-order valence-corrected chi connectivity index (χ4v) is 1.64. The van der Waals surface area contributed by atoms with Crippen LogP contribution >= 0.6 is 0 Å². The molecule has 0 spiro atoms. The smallest absolute Gasteiger partial charge is 0.228 e. The molecular weight excluding hydrogens is 218 g/mol. The second kappa shape index (κ2) is 8.20. The molecule has 0 aromatic carbocycles. The molecule has 5 heteroatoms. The Kier molecular flexibility index (Phi) is 6.81. The van der Waals surface area contributed by atoms with E-state index in [1.54, 1.807) is 0 Å². The molecule has 0 bridgehead atoms. The van der Waals surface area contributed by atoms with Gasteiger partial charge in [0.25, 0.3) is 0 Å². The van der Waals surface area contributed by atoms with E-state index in [4.69, 9.17) is 9.26 Å². The minimum absolute atomic E-state index is 0.417. The van der Waals surface area contributed by atoms with Gasteiger partial charge in [0.1, 0.15) is 0 Å². The standard InChI is InChI=1S/C12H23N3O2/c1-4-10(13-5-2)9-12-14-11(15-17-12)7-8-16-6-3/h10,13H,4-9H2,1-3H3. The molecule has 0 saturated carbocycles. The van der Waals surface area contributed by atoms with Crippen molar-refractivity contribution in [3.63, 3.8) is 0 Å². The minimum atomic E-state index is 0.417. The van der Waals surface area contributed by atoms with Crippen molar-refractivity contribution >= 4 is 0 Å². The molecule has 0 amide bonds. The predicted molar refractivity (Wildman–Crippen MR) is 66.0 cm³/mol. The third-order valence-electron chi connectivity index (χ3n) is 2.59. The maximum absolute atomic E-state index is 5.25. The van der Waals surface area contributed by atoms with Gasteiger partial charge in [-0.2, -0.15) is 4.98 Å². The van der Waals surface area contributed by atoms with Crippen molar-refractivity contribution in [2.45, 2.75) is 46.1 Å². The summed E-state index contributed by atoms with van der Waals surface area (Å²) in [5, 5.41) is 7.33. The zero-order valence-corrected chi connectivity index (χ0v) is 11.0. The van der Waals surface area contributed by atoms with E-state index in [1.165, 1.54) is 0 Å². The van der Waals surface area contributed by atoms with Crippen molar-refractivity contribution < 1.29 is 9.26 Å². The number of aromatic nitrogens is 2. The van der Waals surface area contributed by atoms with E-state index in [0.717, 1.165) is 38.2 Å². The molecule has 1 aromatic heterocycles. The van der Waals surface area contributed by atoms with E-state index < -0.39 is 0 Å². The zero-order chi connectivity index (χ0) is 12.5. The number of hydrogen-bond acceptors (Lipinski definition) is 5. The van der Waals surface area contributed by atoms with Crippen LogP contribution in [0.5, 0.6) is 0 Å². The molecule has 1 heterocycles. The Balaban J connectivity index is 2.38. The molecule has 1 aromatic rings. The molecular formula is C12H23N3O2. The van der Waals surface area contributed by atoms with Crippen LogP contribution in [0.3, 0.4) is 0 Å². The largest absolute Gasteiger partial charge is 0.381 e. The summed E-state index contributed by atoms with van der Waals surface area (Å²) in [5.41, 5.74) is 0. The van der Waals surface area contributed by atoms with E-state index in [0.29, 0.717) is 18.5 Å². The normalized spacial score (nSPS) is 12.9. The summed E-state index contributed by atoms with van der Waals surface area (Å²) in [4.78, 5) is 4.35. The first-order chi connectivity index (χ1) is 8.30. The fraction of sp³-hybridized carbons (Fsp3) is 0.833. The van der Waals surface area contributed by atoms with Crippen LogP contribution in [-0.4, -0.2) is 35.9 Å². The summed E-state index contributed by atoms with van der Waals surface area (Å²) in [6.07, 6.45) is 2.58. The minimum Gasteiger partial charge on any atom is -0.381 e. The zero-order valence-electron chi connectivity index (χ0n) is 11.0. The summed E-state index contributed by atoms with van der Waals surface area (Å²) in [6.45, 7) is 8.57. The van der Waals surface area contributed by atoms with Crippen LogP contribution < -0.4 is 5.32 Å². The third-order valence-corrected chi connectivity index (χ3v) is 2.59. The van der Waals surface area contributed by atoms with Gasteiger partial charge < -0.3 is 14.6 Å². The van der Waals surface area contributed by atoms with Crippen molar-refractivity contribution in [1.82, 2.24) is 15.5 Å². The summed E-state index contributed by atoms with van der Waals surface area (Å²) < 4.78 is 10.5. The first-order valence-corrected chi connectivity index (χ1v) is 6.42.